The van der Waals surface area contributed by atoms with Gasteiger partial charge in [-0.25, -0.2) is 4.39 Å². The molecule has 0 saturated carbocycles. The Morgan fingerprint density at radius 3 is 2.58 bits per heavy atom. The third-order valence-corrected chi connectivity index (χ3v) is 4.33. The molecule has 1 aromatic heterocycles. The van der Waals surface area contributed by atoms with Crippen molar-refractivity contribution in [3.8, 4) is 0 Å². The van der Waals surface area contributed by atoms with Crippen LogP contribution in [0.5, 0.6) is 0 Å². The van der Waals surface area contributed by atoms with E-state index in [4.69, 9.17) is 11.6 Å². The third kappa shape index (κ3) is 3.46. The highest BCUT2D eigenvalue weighted by Crippen LogP contribution is 2.17. The zero-order valence-corrected chi connectivity index (χ0v) is 15.1. The number of halogens is 2. The van der Waals surface area contributed by atoms with Crippen molar-refractivity contribution in [1.29, 1.82) is 0 Å². The number of aryl methyl sites for hydroxylation is 1. The van der Waals surface area contributed by atoms with Crippen LogP contribution >= 0.6 is 11.6 Å². The van der Waals surface area contributed by atoms with Gasteiger partial charge in [0.25, 0.3) is 5.91 Å². The van der Waals surface area contributed by atoms with Crippen LogP contribution in [0.15, 0.2) is 47.3 Å². The summed E-state index contributed by atoms with van der Waals surface area (Å²) >= 11 is 6.01. The highest BCUT2D eigenvalue weighted by Gasteiger charge is 2.21. The molecule has 1 heterocycles. The second-order valence-electron chi connectivity index (χ2n) is 5.94. The van der Waals surface area contributed by atoms with Gasteiger partial charge < -0.3 is 4.90 Å². The summed E-state index contributed by atoms with van der Waals surface area (Å²) < 4.78 is 14.6. The van der Waals surface area contributed by atoms with E-state index in [0.717, 1.165) is 5.56 Å². The number of aromatic nitrogens is 2. The fourth-order valence-electron chi connectivity index (χ4n) is 2.76. The van der Waals surface area contributed by atoms with Crippen LogP contribution in [-0.4, -0.2) is 27.6 Å². The van der Waals surface area contributed by atoms with Crippen molar-refractivity contribution in [2.24, 2.45) is 0 Å². The van der Waals surface area contributed by atoms with E-state index >= 15 is 0 Å². The van der Waals surface area contributed by atoms with Gasteiger partial charge in [-0.3, -0.25) is 14.3 Å². The molecule has 3 aromatic rings. The highest BCUT2D eigenvalue weighted by molar-refractivity contribution is 6.31. The molecule has 0 N–H and O–H groups in total. The minimum absolute atomic E-state index is 0.161. The van der Waals surface area contributed by atoms with Gasteiger partial charge in [-0.15, -0.1) is 0 Å². The maximum atomic E-state index is 13.0. The van der Waals surface area contributed by atoms with Gasteiger partial charge in [-0.1, -0.05) is 23.7 Å². The Bertz CT molecular complexity index is 1030. The van der Waals surface area contributed by atoms with Crippen molar-refractivity contribution < 1.29 is 9.18 Å². The van der Waals surface area contributed by atoms with Crippen molar-refractivity contribution in [1.82, 2.24) is 14.7 Å². The molecule has 0 unspecified atom stereocenters. The summed E-state index contributed by atoms with van der Waals surface area (Å²) in [5.74, 6) is -0.843. The van der Waals surface area contributed by atoms with Crippen LogP contribution in [-0.2, 0) is 13.1 Å². The van der Waals surface area contributed by atoms with E-state index < -0.39 is 11.3 Å². The number of amides is 1. The summed E-state index contributed by atoms with van der Waals surface area (Å²) in [7, 11) is 1.57. The lowest BCUT2D eigenvalue weighted by Crippen LogP contribution is -2.33. The number of hydrogen-bond acceptors (Lipinski definition) is 3. The summed E-state index contributed by atoms with van der Waals surface area (Å²) in [5, 5.41) is 5.01. The molecule has 0 aliphatic rings. The summed E-state index contributed by atoms with van der Waals surface area (Å²) in [6.07, 6.45) is 0. The molecular weight excluding hydrogens is 357 g/mol. The molecule has 0 radical (unpaired) electrons. The summed E-state index contributed by atoms with van der Waals surface area (Å²) in [5.41, 5.74) is 0.760. The van der Waals surface area contributed by atoms with Crippen LogP contribution in [0.4, 0.5) is 4.39 Å². The maximum absolute atomic E-state index is 13.0. The Balaban J connectivity index is 2.00. The van der Waals surface area contributed by atoms with Crippen molar-refractivity contribution in [2.75, 3.05) is 7.05 Å². The number of fused-ring (bicyclic) bond motifs is 1. The molecule has 134 valence electrons. The van der Waals surface area contributed by atoms with Crippen molar-refractivity contribution in [3.63, 3.8) is 0 Å². The molecule has 2 aromatic carbocycles. The molecule has 0 aliphatic carbocycles. The Hall–Kier alpha value is -2.73. The van der Waals surface area contributed by atoms with Gasteiger partial charge in [-0.05, 0) is 42.8 Å². The van der Waals surface area contributed by atoms with Crippen LogP contribution in [0.1, 0.15) is 23.0 Å². The highest BCUT2D eigenvalue weighted by atomic mass is 35.5. The maximum Gasteiger partial charge on any atom is 0.278 e. The Kier molecular flexibility index (Phi) is 5.04. The normalized spacial score (nSPS) is 10.9. The van der Waals surface area contributed by atoms with E-state index in [9.17, 15) is 14.0 Å². The first-order valence-electron chi connectivity index (χ1n) is 8.11. The van der Waals surface area contributed by atoms with Gasteiger partial charge in [0.15, 0.2) is 5.69 Å². The average molecular weight is 374 g/mol. The molecule has 0 aliphatic heterocycles. The lowest BCUT2D eigenvalue weighted by molar-refractivity contribution is 0.0775. The quantitative estimate of drug-likeness (QED) is 0.703. The van der Waals surface area contributed by atoms with Gasteiger partial charge in [0.05, 0.1) is 10.9 Å². The second kappa shape index (κ2) is 7.25. The molecule has 5 nitrogen and oxygen atoms in total. The lowest BCUT2D eigenvalue weighted by Gasteiger charge is -2.18. The van der Waals surface area contributed by atoms with E-state index in [1.165, 1.54) is 17.0 Å². The molecule has 0 atom stereocenters. The predicted molar refractivity (Wildman–Crippen MR) is 98.9 cm³/mol. The summed E-state index contributed by atoms with van der Waals surface area (Å²) in [6.45, 7) is 2.61. The smallest absolute Gasteiger partial charge is 0.278 e. The molecular formula is C19H17ClFN3O2. The fourth-order valence-corrected chi connectivity index (χ4v) is 2.93. The van der Waals surface area contributed by atoms with Gasteiger partial charge >= 0.3 is 0 Å². The third-order valence-electron chi connectivity index (χ3n) is 4.10. The van der Waals surface area contributed by atoms with Crippen LogP contribution in [0.2, 0.25) is 5.02 Å². The Morgan fingerprint density at radius 1 is 1.23 bits per heavy atom. The van der Waals surface area contributed by atoms with Crippen molar-refractivity contribution in [3.05, 3.63) is 74.8 Å². The van der Waals surface area contributed by atoms with Gasteiger partial charge in [0, 0.05) is 25.2 Å². The number of carbonyl (C=O) groups excluding carboxylic acids is 1. The molecule has 26 heavy (non-hydrogen) atoms. The molecule has 0 saturated heterocycles. The zero-order chi connectivity index (χ0) is 18.8. The molecule has 7 heteroatoms. The monoisotopic (exact) mass is 373 g/mol. The van der Waals surface area contributed by atoms with Gasteiger partial charge in [0.2, 0.25) is 5.43 Å². The molecule has 3 rings (SSSR count). The topological polar surface area (TPSA) is 55.2 Å². The molecule has 0 fully saturated rings. The zero-order valence-electron chi connectivity index (χ0n) is 14.4. The number of rotatable bonds is 4. The van der Waals surface area contributed by atoms with E-state index in [2.05, 4.69) is 5.10 Å². The van der Waals surface area contributed by atoms with Crippen LogP contribution in [0, 0.1) is 5.82 Å². The average Bonchev–Trinajstić information content (AvgIpc) is 2.63. The summed E-state index contributed by atoms with van der Waals surface area (Å²) in [4.78, 5) is 26.9. The predicted octanol–water partition coefficient (Wildman–Crippen LogP) is 3.48. The number of benzene rings is 2. The van der Waals surface area contributed by atoms with Crippen molar-refractivity contribution in [2.45, 2.75) is 20.0 Å². The van der Waals surface area contributed by atoms with E-state index in [1.54, 1.807) is 42.1 Å². The fraction of sp³-hybridized carbons (Fsp3) is 0.211. The van der Waals surface area contributed by atoms with Crippen LogP contribution < -0.4 is 5.43 Å². The van der Waals surface area contributed by atoms with Gasteiger partial charge in [-0.2, -0.15) is 5.10 Å². The molecule has 1 amide bonds. The van der Waals surface area contributed by atoms with Crippen LogP contribution in [0.3, 0.4) is 0 Å². The largest absolute Gasteiger partial charge is 0.336 e. The second-order valence-corrected chi connectivity index (χ2v) is 6.38. The molecule has 0 spiro atoms. The lowest BCUT2D eigenvalue weighted by atomic mass is 10.1. The van der Waals surface area contributed by atoms with E-state index in [-0.39, 0.29) is 18.1 Å². The van der Waals surface area contributed by atoms with Gasteiger partial charge in [0.1, 0.15) is 5.82 Å². The van der Waals surface area contributed by atoms with Crippen LogP contribution in [0.25, 0.3) is 10.9 Å². The first kappa shape index (κ1) is 18.1. The standard InChI is InChI=1S/C19H17ClFN3O2/c1-3-24-16-9-6-13(20)10-15(16)18(25)17(22-24)19(26)23(2)11-12-4-7-14(21)8-5-12/h4-10H,3,11H2,1-2H3. The first-order valence-corrected chi connectivity index (χ1v) is 8.48. The number of hydrogen-bond donors (Lipinski definition) is 0. The molecule has 0 bridgehead atoms. The summed E-state index contributed by atoms with van der Waals surface area (Å²) in [6, 6.07) is 10.8. The SMILES string of the molecule is CCn1nc(C(=O)N(C)Cc2ccc(F)cc2)c(=O)c2cc(Cl)ccc21. The minimum atomic E-state index is -0.497. The van der Waals surface area contributed by atoms with E-state index in [0.29, 0.717) is 22.5 Å². The Labute approximate surface area is 154 Å². The number of carbonyl (C=O) groups is 1. The van der Waals surface area contributed by atoms with Crippen molar-refractivity contribution >= 4 is 28.4 Å². The number of nitrogens with zero attached hydrogens (tertiary/aromatic N) is 3. The minimum Gasteiger partial charge on any atom is -0.336 e. The first-order chi connectivity index (χ1) is 12.4. The van der Waals surface area contributed by atoms with E-state index in [1.807, 2.05) is 6.92 Å². The Morgan fingerprint density at radius 2 is 1.92 bits per heavy atom.